The van der Waals surface area contributed by atoms with Gasteiger partial charge >= 0.3 is 0 Å². The molecule has 4 nitrogen and oxygen atoms in total. The summed E-state index contributed by atoms with van der Waals surface area (Å²) < 4.78 is 2.02. The minimum atomic E-state index is 0.0166. The van der Waals surface area contributed by atoms with Gasteiger partial charge in [0.05, 0.1) is 23.4 Å². The maximum absolute atomic E-state index is 12.2. The molecule has 0 aliphatic rings. The molecule has 1 amide bonds. The first kappa shape index (κ1) is 16.2. The second kappa shape index (κ2) is 7.30. The van der Waals surface area contributed by atoms with Gasteiger partial charge in [0.25, 0.3) is 0 Å². The lowest BCUT2D eigenvalue weighted by Crippen LogP contribution is -2.27. The standard InChI is InChI=1S/C20H23N3O/c1-3-16-8-10-17(11-9-16)15(2)22-20(24)12-13-23-14-21-18-6-4-5-7-19(18)23/h4-11,14-15H,3,12-13H2,1-2H3,(H,22,24). The van der Waals surface area contributed by atoms with E-state index in [9.17, 15) is 4.79 Å². The van der Waals surface area contributed by atoms with Crippen LogP contribution in [0.25, 0.3) is 11.0 Å². The Morgan fingerprint density at radius 3 is 2.67 bits per heavy atom. The summed E-state index contributed by atoms with van der Waals surface area (Å²) in [6.07, 6.45) is 3.27. The molecule has 1 atom stereocenters. The summed E-state index contributed by atoms with van der Waals surface area (Å²) in [5.74, 6) is 0.0554. The van der Waals surface area contributed by atoms with E-state index in [4.69, 9.17) is 0 Å². The van der Waals surface area contributed by atoms with Crippen molar-refractivity contribution in [2.75, 3.05) is 0 Å². The second-order valence-electron chi connectivity index (χ2n) is 6.06. The number of carbonyl (C=O) groups excluding carboxylic acids is 1. The van der Waals surface area contributed by atoms with Crippen molar-refractivity contribution in [1.82, 2.24) is 14.9 Å². The maximum Gasteiger partial charge on any atom is 0.222 e. The van der Waals surface area contributed by atoms with E-state index in [0.29, 0.717) is 13.0 Å². The Kier molecular flexibility index (Phi) is 4.94. The summed E-state index contributed by atoms with van der Waals surface area (Å²) in [7, 11) is 0. The number of hydrogen-bond donors (Lipinski definition) is 1. The van der Waals surface area contributed by atoms with E-state index in [-0.39, 0.29) is 11.9 Å². The van der Waals surface area contributed by atoms with Crippen molar-refractivity contribution >= 4 is 16.9 Å². The van der Waals surface area contributed by atoms with Gasteiger partial charge in [-0.05, 0) is 36.6 Å². The van der Waals surface area contributed by atoms with Crippen LogP contribution in [0.1, 0.15) is 37.4 Å². The highest BCUT2D eigenvalue weighted by atomic mass is 16.1. The highest BCUT2D eigenvalue weighted by Crippen LogP contribution is 2.15. The fraction of sp³-hybridized carbons (Fsp3) is 0.300. The predicted molar refractivity (Wildman–Crippen MR) is 96.7 cm³/mol. The van der Waals surface area contributed by atoms with Crippen molar-refractivity contribution in [2.24, 2.45) is 0 Å². The number of hydrogen-bond acceptors (Lipinski definition) is 2. The smallest absolute Gasteiger partial charge is 0.222 e. The molecular weight excluding hydrogens is 298 g/mol. The van der Waals surface area contributed by atoms with Gasteiger partial charge in [-0.3, -0.25) is 4.79 Å². The normalized spacial score (nSPS) is 12.2. The predicted octanol–water partition coefficient (Wildman–Crippen LogP) is 3.87. The molecule has 1 aromatic heterocycles. The zero-order valence-electron chi connectivity index (χ0n) is 14.2. The summed E-state index contributed by atoms with van der Waals surface area (Å²) in [6, 6.07) is 16.4. The van der Waals surface area contributed by atoms with Crippen molar-refractivity contribution < 1.29 is 4.79 Å². The van der Waals surface area contributed by atoms with Crippen molar-refractivity contribution in [3.05, 3.63) is 66.0 Å². The third-order valence-corrected chi connectivity index (χ3v) is 4.37. The van der Waals surface area contributed by atoms with Crippen molar-refractivity contribution in [3.63, 3.8) is 0 Å². The Morgan fingerprint density at radius 2 is 1.92 bits per heavy atom. The molecule has 124 valence electrons. The first-order valence-electron chi connectivity index (χ1n) is 8.45. The molecule has 1 unspecified atom stereocenters. The minimum absolute atomic E-state index is 0.0166. The van der Waals surface area contributed by atoms with Crippen LogP contribution in [0, 0.1) is 0 Å². The van der Waals surface area contributed by atoms with Crippen LogP contribution < -0.4 is 5.32 Å². The number of benzene rings is 2. The SMILES string of the molecule is CCc1ccc(C(C)NC(=O)CCn2cnc3ccccc32)cc1. The molecule has 2 aromatic carbocycles. The molecule has 0 radical (unpaired) electrons. The van der Waals surface area contributed by atoms with Gasteiger partial charge in [0, 0.05) is 13.0 Å². The fourth-order valence-corrected chi connectivity index (χ4v) is 2.85. The number of nitrogens with one attached hydrogen (secondary N) is 1. The van der Waals surface area contributed by atoms with Crippen LogP contribution in [0.4, 0.5) is 0 Å². The van der Waals surface area contributed by atoms with Crippen LogP contribution in [0.15, 0.2) is 54.9 Å². The number of aryl methyl sites for hydroxylation is 2. The van der Waals surface area contributed by atoms with Gasteiger partial charge in [0.2, 0.25) is 5.91 Å². The molecule has 1 heterocycles. The van der Waals surface area contributed by atoms with E-state index in [1.165, 1.54) is 5.56 Å². The monoisotopic (exact) mass is 321 g/mol. The molecule has 0 fully saturated rings. The summed E-state index contributed by atoms with van der Waals surface area (Å²) in [5, 5.41) is 3.07. The molecule has 3 aromatic rings. The van der Waals surface area contributed by atoms with Gasteiger partial charge in [-0.2, -0.15) is 0 Å². The summed E-state index contributed by atoms with van der Waals surface area (Å²) in [6.45, 7) is 4.79. The Bertz CT molecular complexity index is 820. The van der Waals surface area contributed by atoms with Crippen LogP contribution in [-0.4, -0.2) is 15.5 Å². The van der Waals surface area contributed by atoms with E-state index >= 15 is 0 Å². The number of amides is 1. The number of rotatable bonds is 6. The molecule has 0 aliphatic carbocycles. The molecule has 1 N–H and O–H groups in total. The zero-order valence-corrected chi connectivity index (χ0v) is 14.2. The second-order valence-corrected chi connectivity index (χ2v) is 6.06. The van der Waals surface area contributed by atoms with Gasteiger partial charge < -0.3 is 9.88 Å². The lowest BCUT2D eigenvalue weighted by Gasteiger charge is -2.15. The largest absolute Gasteiger partial charge is 0.350 e. The van der Waals surface area contributed by atoms with E-state index in [1.54, 1.807) is 6.33 Å². The van der Waals surface area contributed by atoms with E-state index in [2.05, 4.69) is 41.5 Å². The molecule has 0 saturated carbocycles. The Labute approximate surface area is 142 Å². The topological polar surface area (TPSA) is 46.9 Å². The van der Waals surface area contributed by atoms with E-state index in [0.717, 1.165) is 23.0 Å². The third-order valence-electron chi connectivity index (χ3n) is 4.37. The number of fused-ring (bicyclic) bond motifs is 1. The van der Waals surface area contributed by atoms with Crippen LogP contribution in [-0.2, 0) is 17.8 Å². The third kappa shape index (κ3) is 3.65. The summed E-state index contributed by atoms with van der Waals surface area (Å²) in [5.41, 5.74) is 4.47. The Morgan fingerprint density at radius 1 is 1.17 bits per heavy atom. The van der Waals surface area contributed by atoms with Gasteiger partial charge in [0.15, 0.2) is 0 Å². The summed E-state index contributed by atoms with van der Waals surface area (Å²) >= 11 is 0. The Hall–Kier alpha value is -2.62. The van der Waals surface area contributed by atoms with Crippen LogP contribution >= 0.6 is 0 Å². The van der Waals surface area contributed by atoms with Crippen LogP contribution in [0.2, 0.25) is 0 Å². The molecule has 0 spiro atoms. The van der Waals surface area contributed by atoms with Gasteiger partial charge in [-0.25, -0.2) is 4.98 Å². The van der Waals surface area contributed by atoms with Crippen LogP contribution in [0.5, 0.6) is 0 Å². The van der Waals surface area contributed by atoms with Crippen LogP contribution in [0.3, 0.4) is 0 Å². The van der Waals surface area contributed by atoms with E-state index in [1.807, 2.05) is 35.8 Å². The lowest BCUT2D eigenvalue weighted by atomic mass is 10.0. The van der Waals surface area contributed by atoms with Gasteiger partial charge in [-0.15, -0.1) is 0 Å². The van der Waals surface area contributed by atoms with Crippen molar-refractivity contribution in [2.45, 2.75) is 39.3 Å². The van der Waals surface area contributed by atoms with Gasteiger partial charge in [-0.1, -0.05) is 43.3 Å². The average Bonchev–Trinajstić information content (AvgIpc) is 3.03. The fourth-order valence-electron chi connectivity index (χ4n) is 2.85. The molecule has 0 aliphatic heterocycles. The van der Waals surface area contributed by atoms with Crippen molar-refractivity contribution in [1.29, 1.82) is 0 Å². The first-order chi connectivity index (χ1) is 11.7. The molecule has 4 heteroatoms. The number of aromatic nitrogens is 2. The highest BCUT2D eigenvalue weighted by Gasteiger charge is 2.10. The van der Waals surface area contributed by atoms with E-state index < -0.39 is 0 Å². The minimum Gasteiger partial charge on any atom is -0.350 e. The molecular formula is C20H23N3O. The average molecular weight is 321 g/mol. The number of carbonyl (C=O) groups is 1. The molecule has 0 saturated heterocycles. The number of para-hydroxylation sites is 2. The quantitative estimate of drug-likeness (QED) is 0.749. The molecule has 0 bridgehead atoms. The molecule has 3 rings (SSSR count). The summed E-state index contributed by atoms with van der Waals surface area (Å²) in [4.78, 5) is 16.6. The Balaban J connectivity index is 1.57. The number of nitrogens with zero attached hydrogens (tertiary/aromatic N) is 2. The maximum atomic E-state index is 12.2. The number of imidazole rings is 1. The van der Waals surface area contributed by atoms with Crippen molar-refractivity contribution in [3.8, 4) is 0 Å². The highest BCUT2D eigenvalue weighted by molar-refractivity contribution is 5.77. The first-order valence-corrected chi connectivity index (χ1v) is 8.45. The zero-order chi connectivity index (χ0) is 16.9. The van der Waals surface area contributed by atoms with Gasteiger partial charge in [0.1, 0.15) is 0 Å². The lowest BCUT2D eigenvalue weighted by molar-refractivity contribution is -0.121. The molecule has 24 heavy (non-hydrogen) atoms.